The fourth-order valence-electron chi connectivity index (χ4n) is 1.89. The van der Waals surface area contributed by atoms with Crippen LogP contribution in [0.5, 0.6) is 17.2 Å². The van der Waals surface area contributed by atoms with Gasteiger partial charge in [0.05, 0.1) is 0 Å². The molecule has 31 heavy (non-hydrogen) atoms. The molecule has 0 radical (unpaired) electrons. The lowest BCUT2D eigenvalue weighted by Crippen LogP contribution is -2.07. The first-order chi connectivity index (χ1) is 14.9. The highest BCUT2D eigenvalue weighted by molar-refractivity contribution is 7.49. The zero-order valence-corrected chi connectivity index (χ0v) is 17.5. The van der Waals surface area contributed by atoms with Gasteiger partial charge in [-0.15, -0.1) is 0 Å². The summed E-state index contributed by atoms with van der Waals surface area (Å²) >= 11 is 0. The molecule has 0 spiro atoms. The molecule has 7 nitrogen and oxygen atoms in total. The number of carbonyl (C=O) groups is 1. The minimum absolute atomic E-state index is 0.405. The van der Waals surface area contributed by atoms with Gasteiger partial charge in [-0.05, 0) is 36.4 Å². The van der Waals surface area contributed by atoms with E-state index in [1.165, 1.54) is 0 Å². The summed E-state index contributed by atoms with van der Waals surface area (Å²) in [5.41, 5.74) is 0. The molecule has 0 amide bonds. The minimum Gasteiger partial charge on any atom is -0.450 e. The van der Waals surface area contributed by atoms with Crippen LogP contribution in [0, 0.1) is 0 Å². The van der Waals surface area contributed by atoms with Gasteiger partial charge in [-0.2, -0.15) is 4.57 Å². The van der Waals surface area contributed by atoms with Crippen LogP contribution in [0.3, 0.4) is 0 Å². The molecule has 3 rings (SSSR count). The first kappa shape index (κ1) is 25.1. The number of hydrogen-bond donors (Lipinski definition) is 2. The van der Waals surface area contributed by atoms with Crippen molar-refractivity contribution in [2.45, 2.75) is 0 Å². The lowest BCUT2D eigenvalue weighted by molar-refractivity contribution is 0.137. The Balaban J connectivity index is 0.000000519. The van der Waals surface area contributed by atoms with Gasteiger partial charge < -0.3 is 23.8 Å². The zero-order chi connectivity index (χ0) is 23.0. The molecule has 0 aliphatic heterocycles. The van der Waals surface area contributed by atoms with Crippen LogP contribution < -0.4 is 13.6 Å². The van der Waals surface area contributed by atoms with Gasteiger partial charge in [0, 0.05) is 0 Å². The Morgan fingerprint density at radius 1 is 0.645 bits per heavy atom. The lowest BCUT2D eigenvalue weighted by atomic mass is 10.3. The van der Waals surface area contributed by atoms with Gasteiger partial charge in [-0.25, -0.2) is 4.79 Å². The van der Waals surface area contributed by atoms with Gasteiger partial charge in [0.2, 0.25) is 0 Å². The SMILES string of the molecule is C=CC=C.O=C(O)O.O=P(Oc1ccccc1)(Oc1ccccc1)Oc1ccccc1. The standard InChI is InChI=1S/C18H15O4P.C4H6.CH2O3/c19-23(20-16-10-4-1-5-11-16,21-17-12-6-2-7-13-17)22-18-14-8-3-9-15-18;1-3-4-2;2-1(3)4/h1-15H;3-4H,1-2H2;(H2,2,3,4). The van der Waals surface area contributed by atoms with Crippen LogP contribution in [-0.4, -0.2) is 16.4 Å². The molecule has 0 atom stereocenters. The van der Waals surface area contributed by atoms with Gasteiger partial charge >= 0.3 is 14.0 Å². The number of benzene rings is 3. The Labute approximate surface area is 181 Å². The molecule has 8 heteroatoms. The topological polar surface area (TPSA) is 102 Å². The van der Waals surface area contributed by atoms with Crippen molar-refractivity contribution in [3.8, 4) is 17.2 Å². The molecule has 0 bridgehead atoms. The quantitative estimate of drug-likeness (QED) is 0.303. The van der Waals surface area contributed by atoms with Crippen molar-refractivity contribution in [1.29, 1.82) is 0 Å². The van der Waals surface area contributed by atoms with E-state index < -0.39 is 14.0 Å². The molecule has 3 aromatic rings. The number of carboxylic acid groups (broad SMARTS) is 2. The van der Waals surface area contributed by atoms with Crippen molar-refractivity contribution in [2.75, 3.05) is 0 Å². The molecule has 0 saturated carbocycles. The lowest BCUT2D eigenvalue weighted by Gasteiger charge is -2.19. The second-order valence-corrected chi connectivity index (χ2v) is 6.86. The largest absolute Gasteiger partial charge is 0.647 e. The summed E-state index contributed by atoms with van der Waals surface area (Å²) in [6.07, 6.45) is 1.44. The average molecular weight is 442 g/mol. The van der Waals surface area contributed by atoms with E-state index in [-0.39, 0.29) is 0 Å². The molecule has 0 saturated heterocycles. The van der Waals surface area contributed by atoms with E-state index in [0.29, 0.717) is 17.2 Å². The van der Waals surface area contributed by atoms with Gasteiger partial charge in [-0.1, -0.05) is 79.9 Å². The number of para-hydroxylation sites is 3. The van der Waals surface area contributed by atoms with E-state index >= 15 is 0 Å². The van der Waals surface area contributed by atoms with Gasteiger partial charge in [-0.3, -0.25) is 0 Å². The second kappa shape index (κ2) is 14.1. The van der Waals surface area contributed by atoms with Gasteiger partial charge in [0.15, 0.2) is 0 Å². The normalized spacial score (nSPS) is 9.42. The summed E-state index contributed by atoms with van der Waals surface area (Å²) in [6.45, 7) is 6.72. The minimum atomic E-state index is -3.89. The van der Waals surface area contributed by atoms with E-state index in [1.54, 1.807) is 84.9 Å². The Morgan fingerprint density at radius 3 is 1.06 bits per heavy atom. The fourth-order valence-corrected chi connectivity index (χ4v) is 3.14. The Hall–Kier alpha value is -3.96. The molecular formula is C23H23O7P. The molecule has 0 fully saturated rings. The number of rotatable bonds is 7. The molecule has 0 heterocycles. The van der Waals surface area contributed by atoms with Crippen LogP contribution in [-0.2, 0) is 4.57 Å². The number of phosphoric acid groups is 1. The Bertz CT molecular complexity index is 843. The van der Waals surface area contributed by atoms with Crippen molar-refractivity contribution >= 4 is 14.0 Å². The third-order valence-corrected chi connectivity index (χ3v) is 4.35. The zero-order valence-electron chi connectivity index (χ0n) is 16.6. The molecule has 2 N–H and O–H groups in total. The van der Waals surface area contributed by atoms with Crippen LogP contribution >= 0.6 is 7.82 Å². The van der Waals surface area contributed by atoms with Crippen molar-refractivity contribution in [1.82, 2.24) is 0 Å². The number of hydrogen-bond acceptors (Lipinski definition) is 5. The van der Waals surface area contributed by atoms with Crippen LogP contribution in [0.15, 0.2) is 116 Å². The molecular weight excluding hydrogens is 419 g/mol. The Kier molecular flexibility index (Phi) is 11.4. The summed E-state index contributed by atoms with van der Waals surface area (Å²) < 4.78 is 29.6. The van der Waals surface area contributed by atoms with Crippen LogP contribution in [0.25, 0.3) is 0 Å². The summed E-state index contributed by atoms with van der Waals surface area (Å²) in [5, 5.41) is 13.9. The van der Waals surface area contributed by atoms with E-state index in [2.05, 4.69) is 13.2 Å². The van der Waals surface area contributed by atoms with Crippen molar-refractivity contribution < 1.29 is 33.1 Å². The van der Waals surface area contributed by atoms with Crippen LogP contribution in [0.2, 0.25) is 0 Å². The summed E-state index contributed by atoms with van der Waals surface area (Å²) in [5.74, 6) is 1.22. The highest BCUT2D eigenvalue weighted by atomic mass is 31.2. The molecule has 0 aromatic heterocycles. The highest BCUT2D eigenvalue weighted by Gasteiger charge is 2.33. The smallest absolute Gasteiger partial charge is 0.450 e. The molecule has 0 aliphatic rings. The van der Waals surface area contributed by atoms with Crippen molar-refractivity contribution in [3.05, 3.63) is 116 Å². The Morgan fingerprint density at radius 2 is 0.871 bits per heavy atom. The predicted octanol–water partition coefficient (Wildman–Crippen LogP) is 6.91. The van der Waals surface area contributed by atoms with Crippen molar-refractivity contribution in [3.63, 3.8) is 0 Å². The molecule has 0 aliphatic carbocycles. The number of allylic oxidation sites excluding steroid dienone is 2. The second-order valence-electron chi connectivity index (χ2n) is 5.41. The van der Waals surface area contributed by atoms with Crippen molar-refractivity contribution in [2.24, 2.45) is 0 Å². The van der Waals surface area contributed by atoms with E-state index in [4.69, 9.17) is 28.6 Å². The maximum Gasteiger partial charge on any atom is 0.647 e. The summed E-state index contributed by atoms with van der Waals surface area (Å²) in [7, 11) is -3.89. The average Bonchev–Trinajstić information content (AvgIpc) is 2.75. The summed E-state index contributed by atoms with van der Waals surface area (Å²) in [6, 6.07) is 26.4. The van der Waals surface area contributed by atoms with Crippen LogP contribution in [0.1, 0.15) is 0 Å². The number of phosphoric ester groups is 1. The van der Waals surface area contributed by atoms with Gasteiger partial charge in [0.1, 0.15) is 17.2 Å². The van der Waals surface area contributed by atoms with E-state index in [0.717, 1.165) is 0 Å². The first-order valence-corrected chi connectivity index (χ1v) is 10.3. The first-order valence-electron chi connectivity index (χ1n) is 8.88. The predicted molar refractivity (Wildman–Crippen MR) is 120 cm³/mol. The maximum absolute atomic E-state index is 13.1. The van der Waals surface area contributed by atoms with E-state index in [9.17, 15) is 4.57 Å². The summed E-state index contributed by atoms with van der Waals surface area (Å²) in [4.78, 5) is 8.56. The molecule has 3 aromatic carbocycles. The molecule has 0 unspecified atom stereocenters. The fraction of sp³-hybridized carbons (Fsp3) is 0. The van der Waals surface area contributed by atoms with E-state index in [1.807, 2.05) is 18.2 Å². The van der Waals surface area contributed by atoms with Crippen LogP contribution in [0.4, 0.5) is 4.79 Å². The highest BCUT2D eigenvalue weighted by Crippen LogP contribution is 2.49. The monoisotopic (exact) mass is 442 g/mol. The third-order valence-electron chi connectivity index (χ3n) is 3.05. The maximum atomic E-state index is 13.1. The van der Waals surface area contributed by atoms with Gasteiger partial charge in [0.25, 0.3) is 0 Å². The molecule has 162 valence electrons. The third kappa shape index (κ3) is 11.6.